The van der Waals surface area contributed by atoms with E-state index in [1.807, 2.05) is 13.0 Å². The van der Waals surface area contributed by atoms with Crippen molar-refractivity contribution in [1.29, 1.82) is 0 Å². The molecule has 1 aliphatic carbocycles. The van der Waals surface area contributed by atoms with Gasteiger partial charge in [0.05, 0.1) is 18.1 Å². The summed E-state index contributed by atoms with van der Waals surface area (Å²) in [5.41, 5.74) is 0.926. The number of hydrogen-bond donors (Lipinski definition) is 1. The minimum Gasteiger partial charge on any atom is -0.481 e. The first kappa shape index (κ1) is 13.9. The number of aryl methyl sites for hydroxylation is 1. The predicted molar refractivity (Wildman–Crippen MR) is 73.6 cm³/mol. The zero-order valence-electron chi connectivity index (χ0n) is 12.1. The highest BCUT2D eigenvalue weighted by Crippen LogP contribution is 2.44. The normalized spacial score (nSPS) is 25.3. The molecule has 3 unspecified atom stereocenters. The van der Waals surface area contributed by atoms with Crippen molar-refractivity contribution in [2.45, 2.75) is 39.0 Å². The SMILES string of the molecule is CCC1CC(C(=O)O)C(c2nc(-c3occc3C)no2)C1. The number of furan rings is 1. The Kier molecular flexibility index (Phi) is 3.53. The molecule has 2 aromatic heterocycles. The molecule has 1 saturated carbocycles. The Balaban J connectivity index is 1.88. The molecule has 0 bridgehead atoms. The minimum absolute atomic E-state index is 0.205. The van der Waals surface area contributed by atoms with Crippen LogP contribution < -0.4 is 0 Å². The molecule has 0 aromatic carbocycles. The van der Waals surface area contributed by atoms with Crippen molar-refractivity contribution in [3.8, 4) is 11.6 Å². The van der Waals surface area contributed by atoms with Crippen LogP contribution in [0, 0.1) is 18.8 Å². The van der Waals surface area contributed by atoms with Gasteiger partial charge in [0.1, 0.15) is 0 Å². The molecule has 0 aliphatic heterocycles. The molecule has 0 amide bonds. The van der Waals surface area contributed by atoms with Crippen molar-refractivity contribution in [2.75, 3.05) is 0 Å². The molecular formula is C15H18N2O4. The summed E-state index contributed by atoms with van der Waals surface area (Å²) in [7, 11) is 0. The van der Waals surface area contributed by atoms with Crippen LogP contribution in [0.2, 0.25) is 0 Å². The lowest BCUT2D eigenvalue weighted by molar-refractivity contribution is -0.142. The Hall–Kier alpha value is -2.11. The molecule has 1 fully saturated rings. The summed E-state index contributed by atoms with van der Waals surface area (Å²) in [6.45, 7) is 3.98. The van der Waals surface area contributed by atoms with Crippen LogP contribution in [0.15, 0.2) is 21.3 Å². The van der Waals surface area contributed by atoms with Crippen molar-refractivity contribution in [2.24, 2.45) is 11.8 Å². The molecule has 21 heavy (non-hydrogen) atoms. The van der Waals surface area contributed by atoms with E-state index >= 15 is 0 Å². The highest BCUT2D eigenvalue weighted by molar-refractivity contribution is 5.71. The molecule has 0 saturated heterocycles. The Morgan fingerprint density at radius 3 is 2.90 bits per heavy atom. The first-order valence-electron chi connectivity index (χ1n) is 7.21. The van der Waals surface area contributed by atoms with Crippen LogP contribution in [0.4, 0.5) is 0 Å². The van der Waals surface area contributed by atoms with Crippen molar-refractivity contribution in [1.82, 2.24) is 10.1 Å². The average molecular weight is 290 g/mol. The molecule has 6 heteroatoms. The Morgan fingerprint density at radius 1 is 1.48 bits per heavy atom. The lowest BCUT2D eigenvalue weighted by atomic mass is 9.96. The number of carbonyl (C=O) groups is 1. The molecule has 0 radical (unpaired) electrons. The van der Waals surface area contributed by atoms with E-state index in [2.05, 4.69) is 17.1 Å². The fraction of sp³-hybridized carbons (Fsp3) is 0.533. The van der Waals surface area contributed by atoms with Crippen molar-refractivity contribution < 1.29 is 18.8 Å². The maximum Gasteiger partial charge on any atom is 0.307 e. The van der Waals surface area contributed by atoms with Gasteiger partial charge in [0.25, 0.3) is 0 Å². The number of carboxylic acids is 1. The number of aromatic nitrogens is 2. The summed E-state index contributed by atoms with van der Waals surface area (Å²) in [4.78, 5) is 15.8. The third kappa shape index (κ3) is 2.46. The summed E-state index contributed by atoms with van der Waals surface area (Å²) >= 11 is 0. The summed E-state index contributed by atoms with van der Waals surface area (Å²) in [5, 5.41) is 13.3. The van der Waals surface area contributed by atoms with E-state index in [0.29, 0.717) is 29.8 Å². The molecule has 1 N–H and O–H groups in total. The molecular weight excluding hydrogens is 272 g/mol. The van der Waals surface area contributed by atoms with Crippen LogP contribution in [-0.4, -0.2) is 21.2 Å². The van der Waals surface area contributed by atoms with Crippen molar-refractivity contribution in [3.63, 3.8) is 0 Å². The lowest BCUT2D eigenvalue weighted by Crippen LogP contribution is -2.17. The zero-order valence-corrected chi connectivity index (χ0v) is 12.1. The molecule has 1 aliphatic rings. The number of rotatable bonds is 4. The van der Waals surface area contributed by atoms with Crippen LogP contribution >= 0.6 is 0 Å². The summed E-state index contributed by atoms with van der Waals surface area (Å²) in [5.74, 6) is 0.328. The third-order valence-corrected chi connectivity index (χ3v) is 4.38. The van der Waals surface area contributed by atoms with Crippen LogP contribution in [0.1, 0.15) is 43.6 Å². The Morgan fingerprint density at radius 2 is 2.29 bits per heavy atom. The zero-order chi connectivity index (χ0) is 15.0. The van der Waals surface area contributed by atoms with Gasteiger partial charge in [0.15, 0.2) is 5.76 Å². The summed E-state index contributed by atoms with van der Waals surface area (Å²) in [6.07, 6.45) is 4.00. The van der Waals surface area contributed by atoms with E-state index in [-0.39, 0.29) is 5.92 Å². The number of aliphatic carboxylic acids is 1. The van der Waals surface area contributed by atoms with Gasteiger partial charge in [-0.3, -0.25) is 4.79 Å². The van der Waals surface area contributed by atoms with E-state index in [0.717, 1.165) is 18.4 Å². The second-order valence-corrected chi connectivity index (χ2v) is 5.69. The van der Waals surface area contributed by atoms with E-state index in [4.69, 9.17) is 8.94 Å². The van der Waals surface area contributed by atoms with Crippen LogP contribution in [-0.2, 0) is 4.79 Å². The monoisotopic (exact) mass is 290 g/mol. The minimum atomic E-state index is -0.787. The van der Waals surface area contributed by atoms with Gasteiger partial charge in [0.2, 0.25) is 11.7 Å². The molecule has 3 atom stereocenters. The van der Waals surface area contributed by atoms with E-state index < -0.39 is 11.9 Å². The number of nitrogens with zero attached hydrogens (tertiary/aromatic N) is 2. The van der Waals surface area contributed by atoms with Gasteiger partial charge in [-0.15, -0.1) is 0 Å². The van der Waals surface area contributed by atoms with E-state index in [1.54, 1.807) is 6.26 Å². The van der Waals surface area contributed by atoms with Gasteiger partial charge in [-0.1, -0.05) is 18.5 Å². The summed E-state index contributed by atoms with van der Waals surface area (Å²) < 4.78 is 10.7. The Labute approximate surface area is 122 Å². The molecule has 0 spiro atoms. The van der Waals surface area contributed by atoms with Crippen LogP contribution in [0.5, 0.6) is 0 Å². The van der Waals surface area contributed by atoms with Gasteiger partial charge in [-0.25, -0.2) is 0 Å². The molecule has 2 aromatic rings. The topological polar surface area (TPSA) is 89.4 Å². The van der Waals surface area contributed by atoms with Crippen LogP contribution in [0.3, 0.4) is 0 Å². The molecule has 3 rings (SSSR count). The second kappa shape index (κ2) is 5.35. The number of carboxylic acid groups (broad SMARTS) is 1. The van der Waals surface area contributed by atoms with Gasteiger partial charge in [-0.05, 0) is 37.3 Å². The summed E-state index contributed by atoms with van der Waals surface area (Å²) in [6, 6.07) is 1.83. The quantitative estimate of drug-likeness (QED) is 0.929. The molecule has 2 heterocycles. The molecule has 112 valence electrons. The van der Waals surface area contributed by atoms with E-state index in [1.165, 1.54) is 0 Å². The van der Waals surface area contributed by atoms with Gasteiger partial charge < -0.3 is 14.0 Å². The van der Waals surface area contributed by atoms with Gasteiger partial charge in [0, 0.05) is 0 Å². The van der Waals surface area contributed by atoms with Gasteiger partial charge in [-0.2, -0.15) is 4.98 Å². The highest BCUT2D eigenvalue weighted by atomic mass is 16.5. The fourth-order valence-corrected chi connectivity index (χ4v) is 3.10. The average Bonchev–Trinajstić information content (AvgIpc) is 3.15. The van der Waals surface area contributed by atoms with E-state index in [9.17, 15) is 9.90 Å². The standard InChI is InChI=1S/C15H18N2O4/c1-3-9-6-10(11(7-9)15(18)19)14-16-13(17-21-14)12-8(2)4-5-20-12/h4-5,9-11H,3,6-7H2,1-2H3,(H,18,19). The maximum absolute atomic E-state index is 11.4. The first-order valence-corrected chi connectivity index (χ1v) is 7.21. The smallest absolute Gasteiger partial charge is 0.307 e. The predicted octanol–water partition coefficient (Wildman–Crippen LogP) is 3.24. The first-order chi connectivity index (χ1) is 10.1. The fourth-order valence-electron chi connectivity index (χ4n) is 3.10. The lowest BCUT2D eigenvalue weighted by Gasteiger charge is -2.09. The third-order valence-electron chi connectivity index (χ3n) is 4.38. The van der Waals surface area contributed by atoms with Crippen LogP contribution in [0.25, 0.3) is 11.6 Å². The van der Waals surface area contributed by atoms with Crippen molar-refractivity contribution in [3.05, 3.63) is 23.8 Å². The largest absolute Gasteiger partial charge is 0.481 e. The van der Waals surface area contributed by atoms with Gasteiger partial charge >= 0.3 is 5.97 Å². The number of hydrogen-bond acceptors (Lipinski definition) is 5. The molecule has 6 nitrogen and oxygen atoms in total. The maximum atomic E-state index is 11.4. The Bertz CT molecular complexity index is 646. The van der Waals surface area contributed by atoms with Crippen molar-refractivity contribution >= 4 is 5.97 Å². The highest BCUT2D eigenvalue weighted by Gasteiger charge is 2.42. The second-order valence-electron chi connectivity index (χ2n) is 5.69.